The third-order valence-corrected chi connectivity index (χ3v) is 6.98. The van der Waals surface area contributed by atoms with Gasteiger partial charge in [0.05, 0.1) is 16.6 Å². The maximum absolute atomic E-state index is 12.8. The molecule has 2 fully saturated rings. The normalized spacial score (nSPS) is 18.6. The molecule has 2 aliphatic rings. The Balaban J connectivity index is 1.28. The summed E-state index contributed by atoms with van der Waals surface area (Å²) in [6.07, 6.45) is 5.87. The predicted octanol–water partition coefficient (Wildman–Crippen LogP) is 2.36. The lowest BCUT2D eigenvalue weighted by Crippen LogP contribution is -2.50. The first-order chi connectivity index (χ1) is 13.0. The van der Waals surface area contributed by atoms with Gasteiger partial charge in [-0.25, -0.2) is 18.1 Å². The van der Waals surface area contributed by atoms with Gasteiger partial charge in [0.2, 0.25) is 10.0 Å². The molecule has 8 nitrogen and oxygen atoms in total. The van der Waals surface area contributed by atoms with Gasteiger partial charge in [-0.3, -0.25) is 0 Å². The molecule has 9 heteroatoms. The fourth-order valence-corrected chi connectivity index (χ4v) is 4.77. The van der Waals surface area contributed by atoms with Crippen LogP contribution in [0.2, 0.25) is 0 Å². The van der Waals surface area contributed by atoms with Crippen LogP contribution in [0.15, 0.2) is 46.0 Å². The van der Waals surface area contributed by atoms with E-state index in [4.69, 9.17) is 4.42 Å². The van der Waals surface area contributed by atoms with Crippen LogP contribution < -0.4 is 0 Å². The minimum Gasteiger partial charge on any atom is -0.449 e. The van der Waals surface area contributed by atoms with Crippen molar-refractivity contribution in [1.82, 2.24) is 24.3 Å². The Bertz CT molecular complexity index is 1080. The highest BCUT2D eigenvalue weighted by molar-refractivity contribution is 7.89. The van der Waals surface area contributed by atoms with Crippen LogP contribution in [0.25, 0.3) is 11.3 Å². The van der Waals surface area contributed by atoms with E-state index >= 15 is 0 Å². The zero-order valence-electron chi connectivity index (χ0n) is 14.8. The number of nitrogens with zero attached hydrogens (tertiary/aromatic N) is 5. The van der Waals surface area contributed by atoms with E-state index in [2.05, 4.69) is 15.3 Å². The average Bonchev–Trinajstić information content (AvgIpc) is 3.20. The molecule has 0 radical (unpaired) electrons. The van der Waals surface area contributed by atoms with Gasteiger partial charge in [-0.1, -0.05) is 17.3 Å². The van der Waals surface area contributed by atoms with Crippen LogP contribution in [0.1, 0.15) is 36.4 Å². The van der Waals surface area contributed by atoms with E-state index in [9.17, 15) is 8.42 Å². The lowest BCUT2D eigenvalue weighted by Gasteiger charge is -2.37. The quantitative estimate of drug-likeness (QED) is 0.669. The Hall–Kier alpha value is -2.52. The third-order valence-electron chi connectivity index (χ3n) is 5.13. The lowest BCUT2D eigenvalue weighted by atomic mass is 10.2. The van der Waals surface area contributed by atoms with E-state index in [0.29, 0.717) is 30.6 Å². The topological polar surface area (TPSA) is 94.1 Å². The second-order valence-electron chi connectivity index (χ2n) is 7.15. The molecule has 140 valence electrons. The van der Waals surface area contributed by atoms with Crippen molar-refractivity contribution in [2.45, 2.75) is 36.6 Å². The summed E-state index contributed by atoms with van der Waals surface area (Å²) in [5.74, 6) is 1.12. The standard InChI is InChI=1S/C18H19N5O3S/c1-12-19-18(11-26-12)14-4-6-16(7-5-14)27(24,25)22-8-15(9-22)23-10-17(20-21-23)13-2-3-13/h4-7,10-11,13,15H,2-3,8-9H2,1H3. The second-order valence-corrected chi connectivity index (χ2v) is 9.09. The Morgan fingerprint density at radius 3 is 2.52 bits per heavy atom. The molecule has 1 aliphatic carbocycles. The summed E-state index contributed by atoms with van der Waals surface area (Å²) in [5, 5.41) is 8.36. The van der Waals surface area contributed by atoms with Crippen LogP contribution in [0.5, 0.6) is 0 Å². The van der Waals surface area contributed by atoms with Crippen LogP contribution in [0.4, 0.5) is 0 Å². The maximum Gasteiger partial charge on any atom is 0.243 e. The minimum absolute atomic E-state index is 0.0529. The van der Waals surface area contributed by atoms with Gasteiger partial charge in [-0.05, 0) is 25.0 Å². The molecule has 27 heavy (non-hydrogen) atoms. The van der Waals surface area contributed by atoms with E-state index in [1.165, 1.54) is 17.1 Å². The molecule has 0 unspecified atom stereocenters. The van der Waals surface area contributed by atoms with Gasteiger partial charge in [0.25, 0.3) is 0 Å². The molecule has 1 saturated heterocycles. The summed E-state index contributed by atoms with van der Waals surface area (Å²) in [6, 6.07) is 6.78. The fourth-order valence-electron chi connectivity index (χ4n) is 3.26. The molecular weight excluding hydrogens is 366 g/mol. The number of benzene rings is 1. The summed E-state index contributed by atoms with van der Waals surface area (Å²) in [6.45, 7) is 2.60. The molecule has 1 aliphatic heterocycles. The highest BCUT2D eigenvalue weighted by Crippen LogP contribution is 2.39. The Labute approximate surface area is 156 Å². The number of hydrogen-bond donors (Lipinski definition) is 0. The molecule has 3 aromatic rings. The first-order valence-corrected chi connectivity index (χ1v) is 10.4. The van der Waals surface area contributed by atoms with Crippen molar-refractivity contribution in [3.05, 3.63) is 48.3 Å². The third kappa shape index (κ3) is 2.96. The van der Waals surface area contributed by atoms with Gasteiger partial charge in [-0.15, -0.1) is 5.10 Å². The van der Waals surface area contributed by atoms with E-state index in [1.807, 2.05) is 6.20 Å². The van der Waals surface area contributed by atoms with Crippen LogP contribution in [-0.2, 0) is 10.0 Å². The van der Waals surface area contributed by atoms with Crippen molar-refractivity contribution in [1.29, 1.82) is 0 Å². The average molecular weight is 385 g/mol. The Kier molecular flexibility index (Phi) is 3.70. The van der Waals surface area contributed by atoms with Crippen molar-refractivity contribution < 1.29 is 12.8 Å². The van der Waals surface area contributed by atoms with E-state index in [1.54, 1.807) is 42.1 Å². The number of sulfonamides is 1. The monoisotopic (exact) mass is 385 g/mol. The Morgan fingerprint density at radius 2 is 1.89 bits per heavy atom. The van der Waals surface area contributed by atoms with E-state index < -0.39 is 10.0 Å². The van der Waals surface area contributed by atoms with Gasteiger partial charge >= 0.3 is 0 Å². The highest BCUT2D eigenvalue weighted by Gasteiger charge is 2.39. The highest BCUT2D eigenvalue weighted by atomic mass is 32.2. The predicted molar refractivity (Wildman–Crippen MR) is 96.5 cm³/mol. The number of aromatic nitrogens is 4. The SMILES string of the molecule is Cc1nc(-c2ccc(S(=O)(=O)N3CC(n4cc(C5CC5)nn4)C3)cc2)co1. The van der Waals surface area contributed by atoms with Crippen molar-refractivity contribution in [3.63, 3.8) is 0 Å². The molecule has 5 rings (SSSR count). The van der Waals surface area contributed by atoms with E-state index in [0.717, 1.165) is 11.3 Å². The zero-order valence-corrected chi connectivity index (χ0v) is 15.6. The molecule has 0 spiro atoms. The number of rotatable bonds is 5. The summed E-state index contributed by atoms with van der Waals surface area (Å²) in [4.78, 5) is 4.54. The van der Waals surface area contributed by atoms with Crippen LogP contribution >= 0.6 is 0 Å². The molecule has 0 bridgehead atoms. The van der Waals surface area contributed by atoms with Crippen molar-refractivity contribution in [3.8, 4) is 11.3 Å². The van der Waals surface area contributed by atoms with Crippen molar-refractivity contribution in [2.75, 3.05) is 13.1 Å². The smallest absolute Gasteiger partial charge is 0.243 e. The zero-order chi connectivity index (χ0) is 18.6. The molecule has 2 aromatic heterocycles. The van der Waals surface area contributed by atoms with E-state index in [-0.39, 0.29) is 10.9 Å². The molecule has 0 amide bonds. The van der Waals surface area contributed by atoms with Gasteiger partial charge in [0, 0.05) is 37.7 Å². The molecular formula is C18H19N5O3S. The minimum atomic E-state index is -3.51. The van der Waals surface area contributed by atoms with Crippen LogP contribution in [0, 0.1) is 6.92 Å². The molecule has 1 aromatic carbocycles. The van der Waals surface area contributed by atoms with Crippen molar-refractivity contribution >= 4 is 10.0 Å². The number of hydrogen-bond acceptors (Lipinski definition) is 6. The lowest BCUT2D eigenvalue weighted by molar-refractivity contribution is 0.189. The summed E-state index contributed by atoms with van der Waals surface area (Å²) >= 11 is 0. The van der Waals surface area contributed by atoms with Gasteiger partial charge in [-0.2, -0.15) is 4.31 Å². The molecule has 0 N–H and O–H groups in total. The number of aryl methyl sites for hydroxylation is 1. The Morgan fingerprint density at radius 1 is 1.15 bits per heavy atom. The second kappa shape index (κ2) is 6.00. The summed E-state index contributed by atoms with van der Waals surface area (Å²) in [5.41, 5.74) is 2.54. The maximum atomic E-state index is 12.8. The van der Waals surface area contributed by atoms with Crippen molar-refractivity contribution in [2.24, 2.45) is 0 Å². The fraction of sp³-hybridized carbons (Fsp3) is 0.389. The first-order valence-electron chi connectivity index (χ1n) is 8.95. The number of oxazole rings is 1. The summed E-state index contributed by atoms with van der Waals surface area (Å²) in [7, 11) is -3.51. The molecule has 1 saturated carbocycles. The first kappa shape index (κ1) is 16.6. The van der Waals surface area contributed by atoms with Crippen LogP contribution in [-0.4, -0.2) is 45.8 Å². The molecule has 0 atom stereocenters. The summed E-state index contributed by atoms with van der Waals surface area (Å²) < 4.78 is 34.1. The molecule has 3 heterocycles. The van der Waals surface area contributed by atoms with Gasteiger partial charge in [0.1, 0.15) is 12.0 Å². The largest absolute Gasteiger partial charge is 0.449 e. The van der Waals surface area contributed by atoms with Gasteiger partial charge < -0.3 is 4.42 Å². The van der Waals surface area contributed by atoms with Gasteiger partial charge in [0.15, 0.2) is 5.89 Å². The van der Waals surface area contributed by atoms with Crippen LogP contribution in [0.3, 0.4) is 0 Å².